The van der Waals surface area contributed by atoms with E-state index in [2.05, 4.69) is 58.4 Å². The van der Waals surface area contributed by atoms with Crippen molar-refractivity contribution in [3.63, 3.8) is 0 Å². The summed E-state index contributed by atoms with van der Waals surface area (Å²) in [5, 5.41) is 20.4. The third-order valence-electron chi connectivity index (χ3n) is 8.94. The van der Waals surface area contributed by atoms with Crippen LogP contribution in [0.15, 0.2) is 121 Å². The number of hydrogen-bond donors (Lipinski definition) is 2. The topological polar surface area (TPSA) is 65.4 Å². The Bertz CT molecular complexity index is 1710. The molecule has 2 heterocycles. The highest BCUT2D eigenvalue weighted by Crippen LogP contribution is 2.31. The molecule has 6 rings (SSSR count). The van der Waals surface area contributed by atoms with Gasteiger partial charge in [0, 0.05) is 39.3 Å². The summed E-state index contributed by atoms with van der Waals surface area (Å²) >= 11 is 0. The monoisotopic (exact) mass is 700 g/mol. The maximum absolute atomic E-state index is 12.7. The molecule has 51 heavy (non-hydrogen) atoms. The summed E-state index contributed by atoms with van der Waals surface area (Å²) in [7, 11) is 0. The number of aryl methyl sites for hydroxylation is 1. The molecule has 0 aliphatic carbocycles. The molecule has 4 aromatic rings. The number of β-amino-alcohol motifs (C(OH)–C–C–N with tert-alkyl or cyclic N) is 2. The van der Waals surface area contributed by atoms with E-state index in [9.17, 15) is 23.4 Å². The lowest BCUT2D eigenvalue weighted by Crippen LogP contribution is -2.38. The van der Waals surface area contributed by atoms with Crippen LogP contribution in [0.2, 0.25) is 0 Å². The second-order valence-corrected chi connectivity index (χ2v) is 12.9. The Morgan fingerprint density at radius 3 is 1.65 bits per heavy atom. The Labute approximate surface area is 299 Å². The SMILES string of the molecule is Cc1ccccc1OCC(O)CN1CC=C(c2ccccc2)CC1.OC(COc1cccc(C(F)(F)F)c1)CN1CC=C(c2ccccc2)CC1. The molecule has 0 spiro atoms. The Morgan fingerprint density at radius 1 is 0.647 bits per heavy atom. The molecule has 0 aromatic heterocycles. The van der Waals surface area contributed by atoms with Crippen molar-refractivity contribution in [1.82, 2.24) is 9.80 Å². The van der Waals surface area contributed by atoms with E-state index in [4.69, 9.17) is 9.47 Å². The maximum atomic E-state index is 12.7. The molecule has 270 valence electrons. The van der Waals surface area contributed by atoms with Gasteiger partial charge in [-0.2, -0.15) is 13.2 Å². The van der Waals surface area contributed by atoms with Crippen molar-refractivity contribution < 1.29 is 32.9 Å². The molecule has 2 aliphatic heterocycles. The van der Waals surface area contributed by atoms with Gasteiger partial charge in [-0.05, 0) is 71.9 Å². The van der Waals surface area contributed by atoms with Crippen molar-refractivity contribution in [2.75, 3.05) is 52.5 Å². The van der Waals surface area contributed by atoms with Crippen LogP contribution in [0.4, 0.5) is 13.2 Å². The number of halogens is 3. The quantitative estimate of drug-likeness (QED) is 0.158. The van der Waals surface area contributed by atoms with Gasteiger partial charge in [-0.25, -0.2) is 0 Å². The number of aliphatic hydroxyl groups is 2. The van der Waals surface area contributed by atoms with Crippen LogP contribution < -0.4 is 9.47 Å². The minimum Gasteiger partial charge on any atom is -0.491 e. The smallest absolute Gasteiger partial charge is 0.416 e. The summed E-state index contributed by atoms with van der Waals surface area (Å²) in [6.45, 7) is 6.76. The first kappa shape index (κ1) is 37.8. The highest BCUT2D eigenvalue weighted by molar-refractivity contribution is 5.67. The number of alkyl halides is 3. The predicted molar refractivity (Wildman–Crippen MR) is 197 cm³/mol. The van der Waals surface area contributed by atoms with Gasteiger partial charge in [-0.3, -0.25) is 9.80 Å². The molecule has 0 amide bonds. The zero-order valence-electron chi connectivity index (χ0n) is 29.0. The van der Waals surface area contributed by atoms with Gasteiger partial charge in [-0.1, -0.05) is 97.1 Å². The van der Waals surface area contributed by atoms with Crippen LogP contribution in [0.3, 0.4) is 0 Å². The van der Waals surface area contributed by atoms with E-state index >= 15 is 0 Å². The van der Waals surface area contributed by atoms with Crippen molar-refractivity contribution in [3.8, 4) is 11.5 Å². The Kier molecular flexibility index (Phi) is 13.9. The van der Waals surface area contributed by atoms with Crippen LogP contribution >= 0.6 is 0 Å². The first-order valence-electron chi connectivity index (χ1n) is 17.4. The van der Waals surface area contributed by atoms with Gasteiger partial charge >= 0.3 is 6.18 Å². The van der Waals surface area contributed by atoms with Gasteiger partial charge in [-0.15, -0.1) is 0 Å². The third-order valence-corrected chi connectivity index (χ3v) is 8.94. The van der Waals surface area contributed by atoms with Crippen LogP contribution in [0.1, 0.15) is 35.1 Å². The zero-order valence-corrected chi connectivity index (χ0v) is 29.0. The summed E-state index contributed by atoms with van der Waals surface area (Å²) in [4.78, 5) is 4.38. The van der Waals surface area contributed by atoms with Crippen molar-refractivity contribution in [1.29, 1.82) is 0 Å². The normalized spacial score (nSPS) is 16.6. The van der Waals surface area contributed by atoms with Gasteiger partial charge in [0.15, 0.2) is 0 Å². The maximum Gasteiger partial charge on any atom is 0.416 e. The van der Waals surface area contributed by atoms with Crippen molar-refractivity contribution >= 4 is 11.1 Å². The second kappa shape index (κ2) is 18.7. The van der Waals surface area contributed by atoms with E-state index in [1.807, 2.05) is 55.5 Å². The van der Waals surface area contributed by atoms with E-state index in [1.165, 1.54) is 34.4 Å². The lowest BCUT2D eigenvalue weighted by molar-refractivity contribution is -0.137. The fourth-order valence-electron chi connectivity index (χ4n) is 6.14. The lowest BCUT2D eigenvalue weighted by Gasteiger charge is -2.28. The molecular formula is C42H47F3N2O4. The van der Waals surface area contributed by atoms with Crippen molar-refractivity contribution in [2.45, 2.75) is 38.1 Å². The number of rotatable bonds is 12. The average molecular weight is 701 g/mol. The van der Waals surface area contributed by atoms with Gasteiger partial charge in [0.25, 0.3) is 0 Å². The van der Waals surface area contributed by atoms with Crippen LogP contribution in [-0.4, -0.2) is 84.7 Å². The average Bonchev–Trinajstić information content (AvgIpc) is 3.15. The number of nitrogens with zero attached hydrogens (tertiary/aromatic N) is 2. The highest BCUT2D eigenvalue weighted by Gasteiger charge is 2.30. The number of ether oxygens (including phenoxy) is 2. The molecule has 4 aromatic carbocycles. The van der Waals surface area contributed by atoms with E-state index in [1.54, 1.807) is 0 Å². The molecular weight excluding hydrogens is 653 g/mol. The molecule has 0 saturated heterocycles. The summed E-state index contributed by atoms with van der Waals surface area (Å²) in [5.41, 5.74) is 5.55. The molecule has 0 saturated carbocycles. The number of hydrogen-bond acceptors (Lipinski definition) is 6. The molecule has 9 heteroatoms. The van der Waals surface area contributed by atoms with Crippen LogP contribution in [0.25, 0.3) is 11.1 Å². The molecule has 2 aliphatic rings. The van der Waals surface area contributed by atoms with Gasteiger partial charge in [0.2, 0.25) is 0 Å². The van der Waals surface area contributed by atoms with Gasteiger partial charge < -0.3 is 19.7 Å². The Balaban J connectivity index is 0.000000199. The molecule has 0 bridgehead atoms. The summed E-state index contributed by atoms with van der Waals surface area (Å²) < 4.78 is 49.2. The fraction of sp³-hybridized carbons (Fsp3) is 0.333. The van der Waals surface area contributed by atoms with Crippen LogP contribution in [0, 0.1) is 6.92 Å². The Hall–Kier alpha value is -4.41. The predicted octanol–water partition coefficient (Wildman–Crippen LogP) is 7.76. The van der Waals surface area contributed by atoms with Crippen molar-refractivity contribution in [3.05, 3.63) is 144 Å². The van der Waals surface area contributed by atoms with E-state index in [-0.39, 0.29) is 12.4 Å². The first-order valence-corrected chi connectivity index (χ1v) is 17.4. The first-order chi connectivity index (χ1) is 24.6. The van der Waals surface area contributed by atoms with Crippen LogP contribution in [0.5, 0.6) is 11.5 Å². The minimum absolute atomic E-state index is 0.0485. The van der Waals surface area contributed by atoms with E-state index < -0.39 is 23.9 Å². The number of aliphatic hydroxyl groups excluding tert-OH is 2. The number of para-hydroxylation sites is 1. The fourth-order valence-corrected chi connectivity index (χ4v) is 6.14. The largest absolute Gasteiger partial charge is 0.491 e. The summed E-state index contributed by atoms with van der Waals surface area (Å²) in [6.07, 6.45) is 0.685. The standard InChI is InChI=1S/C21H22F3NO2.C21H25NO2/c22-21(23,24)18-7-4-8-20(13-18)27-15-19(26)14-25-11-9-17(10-12-25)16-5-2-1-3-6-16;1-17-7-5-6-10-21(17)24-16-20(23)15-22-13-11-19(12-14-22)18-8-3-2-4-9-18/h1-9,13,19,26H,10-12,14-15H2;2-11,20,23H,12-16H2,1H3. The van der Waals surface area contributed by atoms with Crippen molar-refractivity contribution in [2.24, 2.45) is 0 Å². The van der Waals surface area contributed by atoms with Gasteiger partial charge in [0.05, 0.1) is 5.56 Å². The zero-order chi connectivity index (χ0) is 36.1. The highest BCUT2D eigenvalue weighted by atomic mass is 19.4. The second-order valence-electron chi connectivity index (χ2n) is 12.9. The molecule has 6 nitrogen and oxygen atoms in total. The van der Waals surface area contributed by atoms with E-state index in [0.29, 0.717) is 19.7 Å². The minimum atomic E-state index is -4.41. The summed E-state index contributed by atoms with van der Waals surface area (Å²) in [5.74, 6) is 0.954. The molecule has 0 radical (unpaired) electrons. The molecule has 2 unspecified atom stereocenters. The molecule has 2 atom stereocenters. The van der Waals surface area contributed by atoms with E-state index in [0.717, 1.165) is 62.5 Å². The lowest BCUT2D eigenvalue weighted by atomic mass is 9.99. The Morgan fingerprint density at radius 2 is 1.16 bits per heavy atom. The van der Waals surface area contributed by atoms with Crippen LogP contribution in [-0.2, 0) is 6.18 Å². The number of benzene rings is 4. The molecule has 0 fully saturated rings. The third kappa shape index (κ3) is 12.1. The summed E-state index contributed by atoms with van der Waals surface area (Å²) in [6, 6.07) is 33.3. The van der Waals surface area contributed by atoms with Gasteiger partial charge in [0.1, 0.15) is 36.9 Å². The molecule has 2 N–H and O–H groups in total.